The summed E-state index contributed by atoms with van der Waals surface area (Å²) in [4.78, 5) is 15.5. The van der Waals surface area contributed by atoms with E-state index in [1.54, 1.807) is 0 Å². The number of amides is 1. The SMILES string of the molecule is CCCOc1cc(CC(=O)NC(CCC)c2ccccc2N2CCCCC2)ccc1CC#N. The van der Waals surface area contributed by atoms with Gasteiger partial charge in [0.15, 0.2) is 0 Å². The minimum absolute atomic E-state index is 0.00528. The van der Waals surface area contributed by atoms with E-state index in [0.717, 1.165) is 43.5 Å². The molecule has 33 heavy (non-hydrogen) atoms. The van der Waals surface area contributed by atoms with Gasteiger partial charge >= 0.3 is 0 Å². The third-order valence-electron chi connectivity index (χ3n) is 6.15. The Labute approximate surface area is 198 Å². The van der Waals surface area contributed by atoms with E-state index in [2.05, 4.69) is 54.4 Å². The Balaban J connectivity index is 1.75. The van der Waals surface area contributed by atoms with Crippen molar-refractivity contribution in [3.8, 4) is 11.8 Å². The van der Waals surface area contributed by atoms with E-state index in [9.17, 15) is 4.79 Å². The van der Waals surface area contributed by atoms with E-state index in [-0.39, 0.29) is 11.9 Å². The van der Waals surface area contributed by atoms with Crippen LogP contribution in [0.2, 0.25) is 0 Å². The first-order valence-electron chi connectivity index (χ1n) is 12.4. The summed E-state index contributed by atoms with van der Waals surface area (Å²) in [5.74, 6) is 0.723. The molecule has 1 aliphatic rings. The Bertz CT molecular complexity index is 944. The van der Waals surface area contributed by atoms with Gasteiger partial charge in [0.1, 0.15) is 5.75 Å². The van der Waals surface area contributed by atoms with Crippen molar-refractivity contribution in [2.24, 2.45) is 0 Å². The van der Waals surface area contributed by atoms with Gasteiger partial charge in [0, 0.05) is 24.3 Å². The molecule has 1 amide bonds. The molecule has 0 radical (unpaired) electrons. The Morgan fingerprint density at radius 3 is 2.64 bits per heavy atom. The van der Waals surface area contributed by atoms with Crippen molar-refractivity contribution in [1.29, 1.82) is 5.26 Å². The highest BCUT2D eigenvalue weighted by Crippen LogP contribution is 2.31. The lowest BCUT2D eigenvalue weighted by molar-refractivity contribution is -0.121. The number of nitrogens with one attached hydrogen (secondary N) is 1. The molecule has 0 aromatic heterocycles. The van der Waals surface area contributed by atoms with Gasteiger partial charge in [-0.2, -0.15) is 5.26 Å². The van der Waals surface area contributed by atoms with Crippen molar-refractivity contribution < 1.29 is 9.53 Å². The molecule has 5 heteroatoms. The molecule has 1 atom stereocenters. The van der Waals surface area contributed by atoms with Gasteiger partial charge in [-0.15, -0.1) is 0 Å². The van der Waals surface area contributed by atoms with E-state index in [1.165, 1.54) is 30.5 Å². The average molecular weight is 448 g/mol. The summed E-state index contributed by atoms with van der Waals surface area (Å²) in [7, 11) is 0. The second-order valence-electron chi connectivity index (χ2n) is 8.82. The molecular weight excluding hydrogens is 410 g/mol. The summed E-state index contributed by atoms with van der Waals surface area (Å²) >= 11 is 0. The molecule has 1 aliphatic heterocycles. The van der Waals surface area contributed by atoms with Crippen LogP contribution in [0, 0.1) is 11.3 Å². The number of nitriles is 1. The molecular formula is C28H37N3O2. The van der Waals surface area contributed by atoms with Crippen LogP contribution in [0.3, 0.4) is 0 Å². The van der Waals surface area contributed by atoms with Gasteiger partial charge in [-0.3, -0.25) is 4.79 Å². The number of rotatable bonds is 11. The van der Waals surface area contributed by atoms with Gasteiger partial charge in [0.2, 0.25) is 5.91 Å². The molecule has 176 valence electrons. The van der Waals surface area contributed by atoms with Crippen LogP contribution < -0.4 is 15.0 Å². The highest BCUT2D eigenvalue weighted by molar-refractivity contribution is 5.79. The molecule has 1 saturated heterocycles. The number of para-hydroxylation sites is 1. The van der Waals surface area contributed by atoms with Crippen LogP contribution >= 0.6 is 0 Å². The molecule has 0 saturated carbocycles. The minimum Gasteiger partial charge on any atom is -0.493 e. The molecule has 0 bridgehead atoms. The fourth-order valence-corrected chi connectivity index (χ4v) is 4.52. The molecule has 1 unspecified atom stereocenters. The maximum Gasteiger partial charge on any atom is 0.224 e. The van der Waals surface area contributed by atoms with Crippen LogP contribution in [0.25, 0.3) is 0 Å². The number of piperidine rings is 1. The number of hydrogen-bond acceptors (Lipinski definition) is 4. The zero-order valence-electron chi connectivity index (χ0n) is 20.1. The molecule has 0 spiro atoms. The third-order valence-corrected chi connectivity index (χ3v) is 6.15. The number of anilines is 1. The standard InChI is InChI=1S/C28H37N3O2/c1-3-10-25(24-11-6-7-12-26(24)31-17-8-5-9-18-31)30-28(32)21-22-13-14-23(15-16-29)27(20-22)33-19-4-2/h6-7,11-14,20,25H,3-5,8-10,15,17-19,21H2,1-2H3,(H,30,32). The lowest BCUT2D eigenvalue weighted by atomic mass is 9.97. The summed E-state index contributed by atoms with van der Waals surface area (Å²) in [5.41, 5.74) is 4.24. The monoisotopic (exact) mass is 447 g/mol. The molecule has 1 heterocycles. The number of hydrogen-bond donors (Lipinski definition) is 1. The summed E-state index contributed by atoms with van der Waals surface area (Å²) in [6.45, 7) is 6.98. The summed E-state index contributed by atoms with van der Waals surface area (Å²) in [6.07, 6.45) is 7.14. The quantitative estimate of drug-likeness (QED) is 0.478. The van der Waals surface area contributed by atoms with Crippen LogP contribution in [0.1, 0.15) is 75.1 Å². The van der Waals surface area contributed by atoms with Gasteiger partial charge in [-0.25, -0.2) is 0 Å². The van der Waals surface area contributed by atoms with E-state index in [0.29, 0.717) is 25.2 Å². The van der Waals surface area contributed by atoms with E-state index < -0.39 is 0 Å². The Kier molecular flexibility index (Phi) is 9.62. The van der Waals surface area contributed by atoms with Gasteiger partial charge < -0.3 is 15.0 Å². The average Bonchev–Trinajstić information content (AvgIpc) is 2.84. The Morgan fingerprint density at radius 1 is 1.12 bits per heavy atom. The Hall–Kier alpha value is -3.00. The number of ether oxygens (including phenoxy) is 1. The molecule has 5 nitrogen and oxygen atoms in total. The largest absolute Gasteiger partial charge is 0.493 e. The van der Waals surface area contributed by atoms with Crippen LogP contribution in [-0.4, -0.2) is 25.6 Å². The molecule has 3 rings (SSSR count). The fourth-order valence-electron chi connectivity index (χ4n) is 4.52. The van der Waals surface area contributed by atoms with Crippen LogP contribution in [0.15, 0.2) is 42.5 Å². The summed E-state index contributed by atoms with van der Waals surface area (Å²) < 4.78 is 5.84. The van der Waals surface area contributed by atoms with Gasteiger partial charge in [0.25, 0.3) is 0 Å². The lowest BCUT2D eigenvalue weighted by Crippen LogP contribution is -2.34. The maximum absolute atomic E-state index is 13.1. The molecule has 2 aromatic rings. The molecule has 1 N–H and O–H groups in total. The fraction of sp³-hybridized carbons (Fsp3) is 0.500. The van der Waals surface area contributed by atoms with Crippen LogP contribution in [0.4, 0.5) is 5.69 Å². The third kappa shape index (κ3) is 6.99. The maximum atomic E-state index is 13.1. The van der Waals surface area contributed by atoms with Crippen molar-refractivity contribution >= 4 is 11.6 Å². The smallest absolute Gasteiger partial charge is 0.224 e. The zero-order chi connectivity index (χ0) is 23.5. The number of nitrogens with zero attached hydrogens (tertiary/aromatic N) is 2. The number of carbonyl (C=O) groups excluding carboxylic acids is 1. The first-order valence-corrected chi connectivity index (χ1v) is 12.4. The summed E-state index contributed by atoms with van der Waals surface area (Å²) in [6, 6.07) is 16.5. The predicted octanol–water partition coefficient (Wildman–Crippen LogP) is 5.73. The Morgan fingerprint density at radius 2 is 1.91 bits per heavy atom. The molecule has 1 fully saturated rings. The molecule has 0 aliphatic carbocycles. The van der Waals surface area contributed by atoms with E-state index in [1.807, 2.05) is 18.2 Å². The number of carbonyl (C=O) groups is 1. The minimum atomic E-state index is -0.00528. The topological polar surface area (TPSA) is 65.4 Å². The first-order chi connectivity index (χ1) is 16.2. The zero-order valence-corrected chi connectivity index (χ0v) is 20.1. The van der Waals surface area contributed by atoms with Crippen molar-refractivity contribution in [1.82, 2.24) is 5.32 Å². The lowest BCUT2D eigenvalue weighted by Gasteiger charge is -2.32. The van der Waals surface area contributed by atoms with Crippen molar-refractivity contribution in [3.05, 3.63) is 59.2 Å². The van der Waals surface area contributed by atoms with Gasteiger partial charge in [-0.05, 0) is 55.4 Å². The highest BCUT2D eigenvalue weighted by atomic mass is 16.5. The summed E-state index contributed by atoms with van der Waals surface area (Å²) in [5, 5.41) is 12.4. The van der Waals surface area contributed by atoms with Crippen molar-refractivity contribution in [3.63, 3.8) is 0 Å². The number of benzene rings is 2. The highest BCUT2D eigenvalue weighted by Gasteiger charge is 2.21. The van der Waals surface area contributed by atoms with Crippen LogP contribution in [0.5, 0.6) is 5.75 Å². The van der Waals surface area contributed by atoms with E-state index >= 15 is 0 Å². The second kappa shape index (κ2) is 12.9. The predicted molar refractivity (Wildman–Crippen MR) is 134 cm³/mol. The van der Waals surface area contributed by atoms with Gasteiger partial charge in [0.05, 0.1) is 31.6 Å². The second-order valence-corrected chi connectivity index (χ2v) is 8.82. The normalized spacial score (nSPS) is 14.4. The van der Waals surface area contributed by atoms with Crippen molar-refractivity contribution in [2.75, 3.05) is 24.6 Å². The van der Waals surface area contributed by atoms with Gasteiger partial charge in [-0.1, -0.05) is 50.6 Å². The molecule has 2 aromatic carbocycles. The van der Waals surface area contributed by atoms with Crippen molar-refractivity contribution in [2.45, 2.75) is 71.3 Å². The van der Waals surface area contributed by atoms with E-state index in [4.69, 9.17) is 10.00 Å². The van der Waals surface area contributed by atoms with Crippen LogP contribution in [-0.2, 0) is 17.6 Å². The first kappa shape index (κ1) is 24.6.